The highest BCUT2D eigenvalue weighted by Crippen LogP contribution is 2.15. The summed E-state index contributed by atoms with van der Waals surface area (Å²) in [5, 5.41) is 0. The number of hydrazine groups is 1. The van der Waals surface area contributed by atoms with Gasteiger partial charge in [0, 0.05) is 11.1 Å². The number of carbonyl (C=O) groups is 2. The first-order valence-electron chi connectivity index (χ1n) is 9.99. The molecule has 0 radical (unpaired) electrons. The molecule has 29 heavy (non-hydrogen) atoms. The fourth-order valence-corrected chi connectivity index (χ4v) is 2.37. The van der Waals surface area contributed by atoms with Crippen LogP contribution in [-0.2, 0) is 0 Å². The zero-order valence-corrected chi connectivity index (χ0v) is 17.5. The molecule has 156 valence electrons. The highest BCUT2D eigenvalue weighted by Gasteiger charge is 2.10. The minimum absolute atomic E-state index is 0.112. The predicted molar refractivity (Wildman–Crippen MR) is 113 cm³/mol. The summed E-state index contributed by atoms with van der Waals surface area (Å²) < 4.78 is 11.3. The molecule has 2 rings (SSSR count). The number of hydrogen-bond donors (Lipinski definition) is 2. The van der Waals surface area contributed by atoms with E-state index in [1.807, 2.05) is 13.8 Å². The van der Waals surface area contributed by atoms with Gasteiger partial charge in [0.2, 0.25) is 0 Å². The first kappa shape index (κ1) is 22.3. The van der Waals surface area contributed by atoms with Gasteiger partial charge in [-0.1, -0.05) is 20.8 Å². The minimum Gasteiger partial charge on any atom is -0.494 e. The van der Waals surface area contributed by atoms with Crippen LogP contribution in [0.25, 0.3) is 0 Å². The second-order valence-corrected chi connectivity index (χ2v) is 7.32. The van der Waals surface area contributed by atoms with Crippen molar-refractivity contribution in [1.82, 2.24) is 10.9 Å². The van der Waals surface area contributed by atoms with Crippen LogP contribution in [-0.4, -0.2) is 24.5 Å². The van der Waals surface area contributed by atoms with Crippen LogP contribution >= 0.6 is 0 Å². The molecule has 2 aromatic carbocycles. The summed E-state index contributed by atoms with van der Waals surface area (Å²) in [7, 11) is 0. The fraction of sp³-hybridized carbons (Fsp3) is 0.391. The lowest BCUT2D eigenvalue weighted by molar-refractivity contribution is 0.0846. The van der Waals surface area contributed by atoms with Crippen LogP contribution < -0.4 is 20.3 Å². The molecule has 0 fully saturated rings. The summed E-state index contributed by atoms with van der Waals surface area (Å²) in [6, 6.07) is 13.6. The van der Waals surface area contributed by atoms with Crippen LogP contribution in [0.2, 0.25) is 0 Å². The van der Waals surface area contributed by atoms with E-state index in [0.717, 1.165) is 12.8 Å². The van der Waals surface area contributed by atoms with E-state index in [4.69, 9.17) is 9.47 Å². The number of carbonyl (C=O) groups excluding carboxylic acids is 2. The first-order chi connectivity index (χ1) is 13.9. The molecule has 0 bridgehead atoms. The molecule has 0 saturated carbocycles. The van der Waals surface area contributed by atoms with Gasteiger partial charge in [-0.05, 0) is 74.2 Å². The Balaban J connectivity index is 1.82. The van der Waals surface area contributed by atoms with Gasteiger partial charge >= 0.3 is 0 Å². The van der Waals surface area contributed by atoms with E-state index in [2.05, 4.69) is 24.7 Å². The molecular weight excluding hydrogens is 368 g/mol. The highest BCUT2D eigenvalue weighted by atomic mass is 16.5. The summed E-state index contributed by atoms with van der Waals surface area (Å²) in [5.41, 5.74) is 5.70. The molecular formula is C23H30N2O4. The van der Waals surface area contributed by atoms with Crippen LogP contribution in [0.3, 0.4) is 0 Å². The standard InChI is InChI=1S/C23H30N2O4/c1-5-17(4)29-21-12-8-19(9-13-21)23(27)25-24-22(26)18-6-10-20(11-7-18)28-15-14-16(2)3/h6-13,16-17H,5,14-15H2,1-4H3,(H,24,26)(H,25,27). The van der Waals surface area contributed by atoms with Gasteiger partial charge in [0.15, 0.2) is 0 Å². The molecule has 2 aromatic rings. The van der Waals surface area contributed by atoms with E-state index in [0.29, 0.717) is 35.2 Å². The van der Waals surface area contributed by atoms with Crippen LogP contribution in [0.4, 0.5) is 0 Å². The summed E-state index contributed by atoms with van der Waals surface area (Å²) in [6.07, 6.45) is 1.99. The fourth-order valence-electron chi connectivity index (χ4n) is 2.37. The third-order valence-corrected chi connectivity index (χ3v) is 4.40. The normalized spacial score (nSPS) is 11.6. The molecule has 1 atom stereocenters. The third-order valence-electron chi connectivity index (χ3n) is 4.40. The van der Waals surface area contributed by atoms with E-state index in [1.54, 1.807) is 48.5 Å². The SMILES string of the molecule is CCC(C)Oc1ccc(C(=O)NNC(=O)c2ccc(OCCC(C)C)cc2)cc1. The minimum atomic E-state index is -0.401. The van der Waals surface area contributed by atoms with E-state index in [9.17, 15) is 9.59 Å². The van der Waals surface area contributed by atoms with Gasteiger partial charge in [-0.3, -0.25) is 20.4 Å². The van der Waals surface area contributed by atoms with E-state index in [-0.39, 0.29) is 6.10 Å². The second-order valence-electron chi connectivity index (χ2n) is 7.32. The Morgan fingerprint density at radius 2 is 1.31 bits per heavy atom. The van der Waals surface area contributed by atoms with Gasteiger partial charge < -0.3 is 9.47 Å². The Hall–Kier alpha value is -3.02. The molecule has 2 N–H and O–H groups in total. The Bertz CT molecular complexity index is 786. The molecule has 0 spiro atoms. The van der Waals surface area contributed by atoms with Gasteiger partial charge in [0.1, 0.15) is 11.5 Å². The quantitative estimate of drug-likeness (QED) is 0.615. The molecule has 2 amide bonds. The lowest BCUT2D eigenvalue weighted by Crippen LogP contribution is -2.41. The summed E-state index contributed by atoms with van der Waals surface area (Å²) in [5.74, 6) is 1.19. The summed E-state index contributed by atoms with van der Waals surface area (Å²) >= 11 is 0. The average molecular weight is 399 g/mol. The zero-order valence-electron chi connectivity index (χ0n) is 17.5. The van der Waals surface area contributed by atoms with Gasteiger partial charge in [0.05, 0.1) is 12.7 Å². The first-order valence-corrected chi connectivity index (χ1v) is 9.99. The Kier molecular flexibility index (Phi) is 8.52. The molecule has 6 heteroatoms. The van der Waals surface area contributed by atoms with E-state index < -0.39 is 11.8 Å². The Morgan fingerprint density at radius 1 is 0.828 bits per heavy atom. The molecule has 0 aliphatic carbocycles. The molecule has 1 unspecified atom stereocenters. The van der Waals surface area contributed by atoms with Crippen LogP contribution in [0.5, 0.6) is 11.5 Å². The number of amides is 2. The molecule has 0 aromatic heterocycles. The zero-order chi connectivity index (χ0) is 21.2. The number of benzene rings is 2. The van der Waals surface area contributed by atoms with E-state index in [1.165, 1.54) is 0 Å². The molecule has 0 aliphatic rings. The van der Waals surface area contributed by atoms with Crippen LogP contribution in [0, 0.1) is 5.92 Å². The summed E-state index contributed by atoms with van der Waals surface area (Å²) in [4.78, 5) is 24.4. The maximum atomic E-state index is 12.2. The van der Waals surface area contributed by atoms with Gasteiger partial charge in [-0.25, -0.2) is 0 Å². The summed E-state index contributed by atoms with van der Waals surface area (Å²) in [6.45, 7) is 8.95. The Morgan fingerprint density at radius 3 is 1.76 bits per heavy atom. The van der Waals surface area contributed by atoms with Crippen molar-refractivity contribution in [3.05, 3.63) is 59.7 Å². The predicted octanol–water partition coefficient (Wildman–Crippen LogP) is 4.36. The van der Waals surface area contributed by atoms with Crippen molar-refractivity contribution in [2.75, 3.05) is 6.61 Å². The van der Waals surface area contributed by atoms with Gasteiger partial charge in [0.25, 0.3) is 11.8 Å². The van der Waals surface area contributed by atoms with Crippen molar-refractivity contribution < 1.29 is 19.1 Å². The lowest BCUT2D eigenvalue weighted by Gasteiger charge is -2.13. The number of ether oxygens (including phenoxy) is 2. The smallest absolute Gasteiger partial charge is 0.269 e. The molecule has 0 heterocycles. The van der Waals surface area contributed by atoms with Crippen molar-refractivity contribution in [2.45, 2.75) is 46.6 Å². The average Bonchev–Trinajstić information content (AvgIpc) is 2.72. The molecule has 6 nitrogen and oxygen atoms in total. The van der Waals surface area contributed by atoms with Crippen molar-refractivity contribution in [3.63, 3.8) is 0 Å². The largest absolute Gasteiger partial charge is 0.494 e. The maximum Gasteiger partial charge on any atom is 0.269 e. The van der Waals surface area contributed by atoms with Crippen molar-refractivity contribution in [1.29, 1.82) is 0 Å². The third kappa shape index (κ3) is 7.49. The van der Waals surface area contributed by atoms with Gasteiger partial charge in [-0.15, -0.1) is 0 Å². The van der Waals surface area contributed by atoms with Crippen molar-refractivity contribution in [3.8, 4) is 11.5 Å². The highest BCUT2D eigenvalue weighted by molar-refractivity contribution is 5.99. The van der Waals surface area contributed by atoms with Crippen molar-refractivity contribution >= 4 is 11.8 Å². The Labute approximate surface area is 172 Å². The van der Waals surface area contributed by atoms with E-state index >= 15 is 0 Å². The number of nitrogens with one attached hydrogen (secondary N) is 2. The number of hydrogen-bond acceptors (Lipinski definition) is 4. The molecule has 0 aliphatic heterocycles. The van der Waals surface area contributed by atoms with Crippen LogP contribution in [0.15, 0.2) is 48.5 Å². The number of rotatable bonds is 9. The lowest BCUT2D eigenvalue weighted by atomic mass is 10.1. The topological polar surface area (TPSA) is 76.7 Å². The van der Waals surface area contributed by atoms with Crippen molar-refractivity contribution in [2.24, 2.45) is 5.92 Å². The van der Waals surface area contributed by atoms with Gasteiger partial charge in [-0.2, -0.15) is 0 Å². The maximum absolute atomic E-state index is 12.2. The van der Waals surface area contributed by atoms with Crippen LogP contribution in [0.1, 0.15) is 61.3 Å². The molecule has 0 saturated heterocycles. The second kappa shape index (κ2) is 11.1. The monoisotopic (exact) mass is 398 g/mol.